The van der Waals surface area contributed by atoms with Crippen molar-refractivity contribution in [2.45, 2.75) is 39.8 Å². The van der Waals surface area contributed by atoms with Crippen LogP contribution in [0.2, 0.25) is 0 Å². The summed E-state index contributed by atoms with van der Waals surface area (Å²) < 4.78 is 2.39. The van der Waals surface area contributed by atoms with Crippen LogP contribution in [0.5, 0.6) is 0 Å². The summed E-state index contributed by atoms with van der Waals surface area (Å²) in [5, 5.41) is 1.29. The number of hydrogen-bond donors (Lipinski definition) is 0. The van der Waals surface area contributed by atoms with Crippen LogP contribution in [-0.2, 0) is 11.3 Å². The number of para-hydroxylation sites is 1. The number of benzene rings is 1. The second kappa shape index (κ2) is 6.92. The maximum absolute atomic E-state index is 13.1. The van der Waals surface area contributed by atoms with E-state index < -0.39 is 0 Å². The van der Waals surface area contributed by atoms with Crippen molar-refractivity contribution in [2.75, 3.05) is 26.2 Å². The molecule has 2 aliphatic rings. The third-order valence-corrected chi connectivity index (χ3v) is 5.98. The largest absolute Gasteiger partial charge is 0.345 e. The molecule has 2 aromatic rings. The van der Waals surface area contributed by atoms with Crippen LogP contribution in [0.15, 0.2) is 36.5 Å². The van der Waals surface area contributed by atoms with Gasteiger partial charge in [-0.1, -0.05) is 31.2 Å². The molecule has 0 spiro atoms. The van der Waals surface area contributed by atoms with Gasteiger partial charge in [0, 0.05) is 43.3 Å². The second-order valence-corrected chi connectivity index (χ2v) is 7.46. The van der Waals surface area contributed by atoms with E-state index >= 15 is 0 Å². The molecular weight excluding hydrogens is 322 g/mol. The van der Waals surface area contributed by atoms with Crippen LogP contribution in [0.3, 0.4) is 0 Å². The first-order chi connectivity index (χ1) is 12.7. The number of fused-ring (bicyclic) bond motifs is 2. The number of nitrogens with zero attached hydrogens (tertiary/aromatic N) is 3. The van der Waals surface area contributed by atoms with Gasteiger partial charge in [-0.05, 0) is 38.5 Å². The lowest BCUT2D eigenvalue weighted by atomic mass is 9.85. The summed E-state index contributed by atoms with van der Waals surface area (Å²) in [5.74, 6) is 0.236. The summed E-state index contributed by atoms with van der Waals surface area (Å²) in [6.07, 6.45) is 5.60. The van der Waals surface area contributed by atoms with Crippen LogP contribution in [0.4, 0.5) is 0 Å². The zero-order valence-electron chi connectivity index (χ0n) is 16.1. The van der Waals surface area contributed by atoms with Crippen molar-refractivity contribution in [1.29, 1.82) is 0 Å². The van der Waals surface area contributed by atoms with Gasteiger partial charge in [-0.15, -0.1) is 0 Å². The molecule has 138 valence electrons. The molecule has 3 heterocycles. The van der Waals surface area contributed by atoms with Crippen LogP contribution in [0.25, 0.3) is 16.5 Å². The van der Waals surface area contributed by atoms with Gasteiger partial charge in [-0.2, -0.15) is 0 Å². The van der Waals surface area contributed by atoms with E-state index in [4.69, 9.17) is 0 Å². The first kappa shape index (κ1) is 17.3. The summed E-state index contributed by atoms with van der Waals surface area (Å²) in [6, 6.07) is 9.14. The average Bonchev–Trinajstić information content (AvgIpc) is 3.08. The Bertz CT molecular complexity index is 846. The molecule has 1 aromatic heterocycles. The lowest BCUT2D eigenvalue weighted by Crippen LogP contribution is -2.50. The molecule has 0 saturated carbocycles. The Morgan fingerprint density at radius 2 is 1.96 bits per heavy atom. The zero-order valence-corrected chi connectivity index (χ0v) is 16.1. The number of carbonyl (C=O) groups is 1. The highest BCUT2D eigenvalue weighted by molar-refractivity contribution is 5.96. The lowest BCUT2D eigenvalue weighted by molar-refractivity contribution is -0.134. The molecule has 0 N–H and O–H groups in total. The average molecular weight is 351 g/mol. The standard InChI is InChI=1S/C22H29N3O/c1-4-11-24-14-17(22(26)23(5-2)6-3)13-19-18-9-7-8-16-10-12-25(21(16)18)15-20(19)24/h7-10,12-13,17,20H,4-6,11,14-15H2,1-3H3/t17-,20?/m1/s1. The highest BCUT2D eigenvalue weighted by atomic mass is 16.2. The van der Waals surface area contributed by atoms with E-state index in [2.05, 4.69) is 66.8 Å². The highest BCUT2D eigenvalue weighted by Gasteiger charge is 2.37. The fourth-order valence-corrected chi connectivity index (χ4v) is 4.73. The number of carbonyl (C=O) groups excluding carboxylic acids is 1. The number of rotatable bonds is 5. The van der Waals surface area contributed by atoms with Crippen molar-refractivity contribution in [1.82, 2.24) is 14.4 Å². The van der Waals surface area contributed by atoms with E-state index in [1.807, 2.05) is 4.90 Å². The van der Waals surface area contributed by atoms with E-state index in [1.54, 1.807) is 0 Å². The van der Waals surface area contributed by atoms with Crippen LogP contribution in [0, 0.1) is 5.92 Å². The van der Waals surface area contributed by atoms with Crippen LogP contribution < -0.4 is 0 Å². The fraction of sp³-hybridized carbons (Fsp3) is 0.500. The zero-order chi connectivity index (χ0) is 18.3. The molecule has 0 fully saturated rings. The summed E-state index contributed by atoms with van der Waals surface area (Å²) in [6.45, 7) is 10.8. The van der Waals surface area contributed by atoms with Crippen molar-refractivity contribution in [3.8, 4) is 0 Å². The molecule has 4 rings (SSSR count). The molecule has 1 unspecified atom stereocenters. The molecule has 0 bridgehead atoms. The van der Waals surface area contributed by atoms with Crippen molar-refractivity contribution < 1.29 is 4.79 Å². The smallest absolute Gasteiger partial charge is 0.230 e. The molecule has 4 nitrogen and oxygen atoms in total. The minimum absolute atomic E-state index is 0.0375. The van der Waals surface area contributed by atoms with Crippen LogP contribution in [-0.4, -0.2) is 52.5 Å². The quantitative estimate of drug-likeness (QED) is 0.823. The number of aromatic nitrogens is 1. The normalized spacial score (nSPS) is 22.2. The van der Waals surface area contributed by atoms with E-state index in [0.29, 0.717) is 6.04 Å². The maximum atomic E-state index is 13.1. The van der Waals surface area contributed by atoms with Gasteiger partial charge in [0.2, 0.25) is 5.91 Å². The van der Waals surface area contributed by atoms with Crippen molar-refractivity contribution in [3.05, 3.63) is 42.1 Å². The molecule has 0 saturated heterocycles. The van der Waals surface area contributed by atoms with Gasteiger partial charge in [0.1, 0.15) is 0 Å². The second-order valence-electron chi connectivity index (χ2n) is 7.46. The Hall–Kier alpha value is -2.07. The Morgan fingerprint density at radius 1 is 1.15 bits per heavy atom. The lowest BCUT2D eigenvalue weighted by Gasteiger charge is -2.42. The van der Waals surface area contributed by atoms with Crippen LogP contribution >= 0.6 is 0 Å². The molecule has 2 aliphatic heterocycles. The SMILES string of the molecule is CCCN1C[C@H](C(=O)N(CC)CC)C=C2c3cccc4ccn(c34)CC21. The Morgan fingerprint density at radius 3 is 2.69 bits per heavy atom. The molecule has 1 amide bonds. The molecule has 0 aliphatic carbocycles. The van der Waals surface area contributed by atoms with Gasteiger partial charge in [0.25, 0.3) is 0 Å². The van der Waals surface area contributed by atoms with E-state index in [1.165, 1.54) is 22.0 Å². The van der Waals surface area contributed by atoms with Gasteiger partial charge < -0.3 is 9.47 Å². The third-order valence-electron chi connectivity index (χ3n) is 5.98. The van der Waals surface area contributed by atoms with Gasteiger partial charge in [-0.3, -0.25) is 9.69 Å². The summed E-state index contributed by atoms with van der Waals surface area (Å²) in [5.41, 5.74) is 3.98. The van der Waals surface area contributed by atoms with Gasteiger partial charge >= 0.3 is 0 Å². The van der Waals surface area contributed by atoms with Gasteiger partial charge in [0.15, 0.2) is 0 Å². The maximum Gasteiger partial charge on any atom is 0.230 e. The molecule has 0 radical (unpaired) electrons. The monoisotopic (exact) mass is 351 g/mol. The van der Waals surface area contributed by atoms with Crippen LogP contribution in [0.1, 0.15) is 32.8 Å². The van der Waals surface area contributed by atoms with Crippen molar-refractivity contribution in [3.63, 3.8) is 0 Å². The van der Waals surface area contributed by atoms with E-state index in [9.17, 15) is 4.79 Å². The predicted molar refractivity (Wildman–Crippen MR) is 107 cm³/mol. The van der Waals surface area contributed by atoms with E-state index in [0.717, 1.165) is 39.1 Å². The van der Waals surface area contributed by atoms with E-state index in [-0.39, 0.29) is 11.8 Å². The summed E-state index contributed by atoms with van der Waals surface area (Å²) >= 11 is 0. The van der Waals surface area contributed by atoms with Crippen molar-refractivity contribution in [2.24, 2.45) is 5.92 Å². The first-order valence-electron chi connectivity index (χ1n) is 10.0. The van der Waals surface area contributed by atoms with Gasteiger partial charge in [-0.25, -0.2) is 0 Å². The molecule has 4 heteroatoms. The van der Waals surface area contributed by atoms with Gasteiger partial charge in [0.05, 0.1) is 17.5 Å². The third kappa shape index (κ3) is 2.67. The minimum Gasteiger partial charge on any atom is -0.345 e. The van der Waals surface area contributed by atoms with Crippen molar-refractivity contribution >= 4 is 22.4 Å². The molecular formula is C22H29N3O. The molecule has 1 aromatic carbocycles. The first-order valence-corrected chi connectivity index (χ1v) is 10.0. The molecule has 26 heavy (non-hydrogen) atoms. The Labute approximate surface area is 156 Å². The highest BCUT2D eigenvalue weighted by Crippen LogP contribution is 2.39. The Kier molecular flexibility index (Phi) is 4.62. The Balaban J connectivity index is 1.80. The predicted octanol–water partition coefficient (Wildman–Crippen LogP) is 3.62. The topological polar surface area (TPSA) is 28.5 Å². The number of amides is 1. The molecule has 2 atom stereocenters. The minimum atomic E-state index is -0.0375. The summed E-state index contributed by atoms with van der Waals surface area (Å²) in [4.78, 5) is 17.6. The fourth-order valence-electron chi connectivity index (χ4n) is 4.73. The summed E-state index contributed by atoms with van der Waals surface area (Å²) in [7, 11) is 0. The number of hydrogen-bond acceptors (Lipinski definition) is 2.